The first-order valence-electron chi connectivity index (χ1n) is 7.01. The molecule has 1 aromatic carbocycles. The summed E-state index contributed by atoms with van der Waals surface area (Å²) >= 11 is 1.45. The Morgan fingerprint density at radius 1 is 1.18 bits per heavy atom. The molecule has 0 radical (unpaired) electrons. The summed E-state index contributed by atoms with van der Waals surface area (Å²) in [7, 11) is 1.82. The quantitative estimate of drug-likeness (QED) is 0.794. The van der Waals surface area contributed by atoms with E-state index in [2.05, 4.69) is 29.5 Å². The number of nitrogens with zero attached hydrogens (tertiary/aromatic N) is 2. The third-order valence-electron chi connectivity index (χ3n) is 3.48. The van der Waals surface area contributed by atoms with E-state index in [1.165, 1.54) is 16.9 Å². The van der Waals surface area contributed by atoms with Gasteiger partial charge in [0.25, 0.3) is 5.91 Å². The summed E-state index contributed by atoms with van der Waals surface area (Å²) < 4.78 is 1.67. The van der Waals surface area contributed by atoms with Crippen molar-refractivity contribution < 1.29 is 4.79 Å². The van der Waals surface area contributed by atoms with Crippen LogP contribution in [0.15, 0.2) is 41.8 Å². The van der Waals surface area contributed by atoms with Crippen LogP contribution in [0.25, 0.3) is 11.1 Å². The summed E-state index contributed by atoms with van der Waals surface area (Å²) in [6, 6.07) is 12.0. The summed E-state index contributed by atoms with van der Waals surface area (Å²) in [5.74, 6) is 0.597. The molecule has 4 nitrogen and oxygen atoms in total. The molecule has 1 N–H and O–H groups in total. The van der Waals surface area contributed by atoms with E-state index in [9.17, 15) is 4.79 Å². The first kappa shape index (κ1) is 14.5. The van der Waals surface area contributed by atoms with Crippen molar-refractivity contribution in [2.45, 2.75) is 13.8 Å². The van der Waals surface area contributed by atoms with Gasteiger partial charge in [0.1, 0.15) is 10.7 Å². The fourth-order valence-corrected chi connectivity index (χ4v) is 3.16. The molecule has 0 aliphatic rings. The summed E-state index contributed by atoms with van der Waals surface area (Å²) in [6.45, 7) is 3.95. The minimum atomic E-state index is -0.103. The Hall–Kier alpha value is -2.40. The molecule has 0 bridgehead atoms. The van der Waals surface area contributed by atoms with E-state index in [1.54, 1.807) is 4.68 Å². The number of rotatable bonds is 3. The first-order chi connectivity index (χ1) is 10.5. The molecule has 3 aromatic rings. The van der Waals surface area contributed by atoms with Crippen molar-refractivity contribution in [1.82, 2.24) is 9.78 Å². The smallest absolute Gasteiger partial charge is 0.267 e. The number of aryl methyl sites for hydroxylation is 3. The minimum Gasteiger partial charge on any atom is -0.306 e. The first-order valence-corrected chi connectivity index (χ1v) is 7.89. The fourth-order valence-electron chi connectivity index (χ4n) is 2.35. The van der Waals surface area contributed by atoms with Crippen LogP contribution in [0.4, 0.5) is 5.82 Å². The van der Waals surface area contributed by atoms with Gasteiger partial charge in [0.15, 0.2) is 0 Å². The predicted octanol–water partition coefficient (Wildman–Crippen LogP) is 4.02. The predicted molar refractivity (Wildman–Crippen MR) is 90.4 cm³/mol. The number of hydrogen-bond acceptors (Lipinski definition) is 3. The van der Waals surface area contributed by atoms with Gasteiger partial charge < -0.3 is 5.32 Å². The van der Waals surface area contributed by atoms with Crippen LogP contribution < -0.4 is 5.32 Å². The van der Waals surface area contributed by atoms with E-state index in [1.807, 2.05) is 43.6 Å². The number of thiophene rings is 1. The van der Waals surface area contributed by atoms with Gasteiger partial charge >= 0.3 is 0 Å². The molecule has 5 heteroatoms. The molecule has 0 spiro atoms. The van der Waals surface area contributed by atoms with E-state index < -0.39 is 0 Å². The lowest BCUT2D eigenvalue weighted by Crippen LogP contribution is -2.14. The van der Waals surface area contributed by atoms with Crippen LogP contribution in [-0.2, 0) is 7.05 Å². The number of benzene rings is 1. The Bertz CT molecular complexity index is 815. The van der Waals surface area contributed by atoms with Crippen molar-refractivity contribution in [3.8, 4) is 11.1 Å². The van der Waals surface area contributed by atoms with Gasteiger partial charge in [0, 0.05) is 18.7 Å². The minimum absolute atomic E-state index is 0.103. The largest absolute Gasteiger partial charge is 0.306 e. The summed E-state index contributed by atoms with van der Waals surface area (Å²) in [6.07, 6.45) is 0. The van der Waals surface area contributed by atoms with Crippen LogP contribution in [0.3, 0.4) is 0 Å². The highest BCUT2D eigenvalue weighted by Gasteiger charge is 2.16. The van der Waals surface area contributed by atoms with Crippen LogP contribution in [0.1, 0.15) is 20.9 Å². The Morgan fingerprint density at radius 3 is 2.55 bits per heavy atom. The number of nitrogens with one attached hydrogen (secondary N) is 1. The number of carbonyl (C=O) groups excluding carboxylic acids is 1. The number of hydrogen-bond donors (Lipinski definition) is 1. The second kappa shape index (κ2) is 5.77. The van der Waals surface area contributed by atoms with Gasteiger partial charge in [-0.3, -0.25) is 9.48 Å². The fraction of sp³-hybridized carbons (Fsp3) is 0.176. The van der Waals surface area contributed by atoms with E-state index in [-0.39, 0.29) is 5.91 Å². The van der Waals surface area contributed by atoms with Crippen molar-refractivity contribution in [3.05, 3.63) is 57.9 Å². The molecule has 0 unspecified atom stereocenters. The third-order valence-corrected chi connectivity index (χ3v) is 4.39. The van der Waals surface area contributed by atoms with Crippen LogP contribution in [0.5, 0.6) is 0 Å². The molecule has 0 saturated heterocycles. The van der Waals surface area contributed by atoms with Gasteiger partial charge in [-0.2, -0.15) is 5.10 Å². The lowest BCUT2D eigenvalue weighted by Gasteiger charge is -2.06. The molecule has 0 saturated carbocycles. The van der Waals surface area contributed by atoms with Crippen molar-refractivity contribution in [3.63, 3.8) is 0 Å². The Balaban J connectivity index is 1.89. The Labute approximate surface area is 133 Å². The highest BCUT2D eigenvalue weighted by Crippen LogP contribution is 2.29. The molecule has 22 heavy (non-hydrogen) atoms. The van der Waals surface area contributed by atoms with Crippen molar-refractivity contribution in [2.24, 2.45) is 7.05 Å². The third kappa shape index (κ3) is 2.80. The topological polar surface area (TPSA) is 46.9 Å². The van der Waals surface area contributed by atoms with Crippen molar-refractivity contribution >= 4 is 23.1 Å². The van der Waals surface area contributed by atoms with Crippen LogP contribution in [-0.4, -0.2) is 15.7 Å². The van der Waals surface area contributed by atoms with Crippen LogP contribution in [0, 0.1) is 13.8 Å². The molecule has 2 aromatic heterocycles. The van der Waals surface area contributed by atoms with Gasteiger partial charge in [-0.05, 0) is 30.9 Å². The molecule has 3 rings (SSSR count). The zero-order chi connectivity index (χ0) is 15.7. The molecular weight excluding hydrogens is 294 g/mol. The zero-order valence-corrected chi connectivity index (χ0v) is 13.6. The van der Waals surface area contributed by atoms with Crippen molar-refractivity contribution in [2.75, 3.05) is 5.32 Å². The molecule has 0 atom stereocenters. The average molecular weight is 311 g/mol. The molecule has 2 heterocycles. The van der Waals surface area contributed by atoms with Gasteiger partial charge in [-0.15, -0.1) is 11.3 Å². The highest BCUT2D eigenvalue weighted by atomic mass is 32.1. The zero-order valence-electron chi connectivity index (χ0n) is 12.8. The molecule has 0 aliphatic carbocycles. The SMILES string of the molecule is Cc1ccc(-c2ccsc2C(=O)Nc2cc(C)nn2C)cc1. The normalized spacial score (nSPS) is 10.7. The van der Waals surface area contributed by atoms with Crippen molar-refractivity contribution in [1.29, 1.82) is 0 Å². The molecule has 0 fully saturated rings. The number of aromatic nitrogens is 2. The lowest BCUT2D eigenvalue weighted by molar-refractivity contribution is 0.103. The summed E-state index contributed by atoms with van der Waals surface area (Å²) in [4.78, 5) is 13.3. The number of amides is 1. The van der Waals surface area contributed by atoms with Gasteiger partial charge in [0.05, 0.1) is 5.69 Å². The van der Waals surface area contributed by atoms with E-state index >= 15 is 0 Å². The van der Waals surface area contributed by atoms with Crippen LogP contribution >= 0.6 is 11.3 Å². The lowest BCUT2D eigenvalue weighted by atomic mass is 10.0. The second-order valence-corrected chi connectivity index (χ2v) is 6.19. The average Bonchev–Trinajstić information content (AvgIpc) is 3.07. The maximum absolute atomic E-state index is 12.6. The maximum atomic E-state index is 12.6. The summed E-state index contributed by atoms with van der Waals surface area (Å²) in [5.41, 5.74) is 4.10. The Kier molecular flexibility index (Phi) is 3.81. The van der Waals surface area contributed by atoms with E-state index in [4.69, 9.17) is 0 Å². The standard InChI is InChI=1S/C17H17N3OS/c1-11-4-6-13(7-5-11)14-8-9-22-16(14)17(21)18-15-10-12(2)19-20(15)3/h4-10H,1-3H3,(H,18,21). The van der Waals surface area contributed by atoms with E-state index in [0.717, 1.165) is 16.8 Å². The number of anilines is 1. The highest BCUT2D eigenvalue weighted by molar-refractivity contribution is 7.12. The molecular formula is C17H17N3OS. The van der Waals surface area contributed by atoms with Gasteiger partial charge in [-0.1, -0.05) is 29.8 Å². The summed E-state index contributed by atoms with van der Waals surface area (Å²) in [5, 5.41) is 9.11. The molecule has 112 valence electrons. The Morgan fingerprint density at radius 2 is 1.91 bits per heavy atom. The maximum Gasteiger partial charge on any atom is 0.267 e. The monoisotopic (exact) mass is 311 g/mol. The second-order valence-electron chi connectivity index (χ2n) is 5.28. The van der Waals surface area contributed by atoms with Gasteiger partial charge in [-0.25, -0.2) is 0 Å². The molecule has 1 amide bonds. The van der Waals surface area contributed by atoms with Gasteiger partial charge in [0.2, 0.25) is 0 Å². The van der Waals surface area contributed by atoms with Crippen LogP contribution in [0.2, 0.25) is 0 Å². The van der Waals surface area contributed by atoms with E-state index in [0.29, 0.717) is 10.7 Å². The number of carbonyl (C=O) groups is 1. The molecule has 0 aliphatic heterocycles.